The Hall–Kier alpha value is -2.82. The number of anilines is 1. The van der Waals surface area contributed by atoms with Crippen LogP contribution in [0.3, 0.4) is 0 Å². The van der Waals surface area contributed by atoms with Gasteiger partial charge in [-0.3, -0.25) is 14.9 Å². The fourth-order valence-corrected chi connectivity index (χ4v) is 2.50. The molecule has 2 aromatic rings. The lowest BCUT2D eigenvalue weighted by Gasteiger charge is -2.10. The van der Waals surface area contributed by atoms with Gasteiger partial charge < -0.3 is 10.1 Å². The van der Waals surface area contributed by atoms with Gasteiger partial charge in [0.25, 0.3) is 5.69 Å². The van der Waals surface area contributed by atoms with Gasteiger partial charge in [-0.05, 0) is 18.2 Å². The van der Waals surface area contributed by atoms with Gasteiger partial charge in [0.1, 0.15) is 5.75 Å². The van der Waals surface area contributed by atoms with Crippen LogP contribution in [0.2, 0.25) is 0 Å². The number of nitro benzene ring substituents is 1. The molecule has 0 saturated heterocycles. The summed E-state index contributed by atoms with van der Waals surface area (Å²) in [5.74, 6) is -0.465. The Labute approximate surface area is 149 Å². The van der Waals surface area contributed by atoms with Gasteiger partial charge in [-0.1, -0.05) is 11.8 Å². The van der Waals surface area contributed by atoms with Crippen LogP contribution < -0.4 is 10.1 Å². The minimum Gasteiger partial charge on any atom is -0.494 e. The number of ether oxygens (including phenoxy) is 1. The third-order valence-electron chi connectivity index (χ3n) is 3.08. The largest absolute Gasteiger partial charge is 0.494 e. The van der Waals surface area contributed by atoms with Gasteiger partial charge in [-0.2, -0.15) is 13.2 Å². The number of thioether (sulfide) groups is 1. The number of rotatable bonds is 6. The quantitative estimate of drug-likeness (QED) is 0.461. The number of methoxy groups -OCH3 is 1. The number of carbonyl (C=O) groups is 1. The van der Waals surface area contributed by atoms with Crippen LogP contribution in [-0.2, 0) is 11.0 Å². The van der Waals surface area contributed by atoms with Crippen molar-refractivity contribution in [2.24, 2.45) is 0 Å². The number of amides is 1. The fourth-order valence-electron chi connectivity index (χ4n) is 1.86. The first-order valence-corrected chi connectivity index (χ1v) is 7.97. The van der Waals surface area contributed by atoms with Crippen LogP contribution in [-0.4, -0.2) is 28.7 Å². The van der Waals surface area contributed by atoms with Crippen LogP contribution >= 0.6 is 11.8 Å². The average molecular weight is 387 g/mol. The molecule has 0 atom stereocenters. The van der Waals surface area contributed by atoms with Crippen LogP contribution in [0.4, 0.5) is 24.5 Å². The SMILES string of the molecule is COc1cc([N+](=O)[O-])ccc1NC(=O)CSc1ccc(C(F)(F)F)cn1. The molecule has 26 heavy (non-hydrogen) atoms. The predicted molar refractivity (Wildman–Crippen MR) is 88.2 cm³/mol. The lowest BCUT2D eigenvalue weighted by Crippen LogP contribution is -2.15. The van der Waals surface area contributed by atoms with Crippen molar-refractivity contribution in [3.8, 4) is 5.75 Å². The molecule has 0 aliphatic heterocycles. The van der Waals surface area contributed by atoms with Crippen molar-refractivity contribution < 1.29 is 27.6 Å². The van der Waals surface area contributed by atoms with Gasteiger partial charge in [-0.25, -0.2) is 4.98 Å². The number of nitro groups is 1. The zero-order valence-electron chi connectivity index (χ0n) is 13.2. The molecule has 0 spiro atoms. The second-order valence-corrected chi connectivity index (χ2v) is 5.86. The van der Waals surface area contributed by atoms with Crippen molar-refractivity contribution in [3.63, 3.8) is 0 Å². The van der Waals surface area contributed by atoms with Crippen LogP contribution in [0.25, 0.3) is 0 Å². The lowest BCUT2D eigenvalue weighted by atomic mass is 10.2. The first kappa shape index (κ1) is 19.5. The number of alkyl halides is 3. The number of halogens is 3. The molecule has 0 radical (unpaired) electrons. The fraction of sp³-hybridized carbons (Fsp3) is 0.200. The van der Waals surface area contributed by atoms with E-state index in [0.29, 0.717) is 6.20 Å². The number of carbonyl (C=O) groups excluding carboxylic acids is 1. The van der Waals surface area contributed by atoms with Gasteiger partial charge in [0, 0.05) is 12.3 Å². The number of hydrogen-bond acceptors (Lipinski definition) is 6. The maximum atomic E-state index is 12.5. The number of pyridine rings is 1. The first-order valence-electron chi connectivity index (χ1n) is 6.99. The van der Waals surface area contributed by atoms with Crippen molar-refractivity contribution in [3.05, 3.63) is 52.2 Å². The first-order chi connectivity index (χ1) is 12.2. The number of nitrogens with one attached hydrogen (secondary N) is 1. The van der Waals surface area contributed by atoms with E-state index in [2.05, 4.69) is 10.3 Å². The van der Waals surface area contributed by atoms with E-state index in [0.717, 1.165) is 17.8 Å². The molecule has 0 aliphatic carbocycles. The molecule has 1 amide bonds. The van der Waals surface area contributed by atoms with Gasteiger partial charge in [-0.15, -0.1) is 0 Å². The van der Waals surface area contributed by atoms with E-state index in [1.165, 1.54) is 31.4 Å². The van der Waals surface area contributed by atoms with E-state index in [1.54, 1.807) is 0 Å². The molecule has 7 nitrogen and oxygen atoms in total. The molecule has 0 saturated carbocycles. The Bertz CT molecular complexity index is 813. The maximum absolute atomic E-state index is 12.5. The molecule has 1 aromatic heterocycles. The number of non-ortho nitro benzene ring substituents is 1. The summed E-state index contributed by atoms with van der Waals surface area (Å²) in [7, 11) is 1.30. The number of nitrogens with zero attached hydrogens (tertiary/aromatic N) is 2. The molecule has 0 fully saturated rings. The highest BCUT2D eigenvalue weighted by atomic mass is 32.2. The summed E-state index contributed by atoms with van der Waals surface area (Å²) in [5, 5.41) is 13.5. The van der Waals surface area contributed by atoms with Gasteiger partial charge >= 0.3 is 6.18 Å². The molecule has 0 unspecified atom stereocenters. The van der Waals surface area contributed by atoms with E-state index in [1.807, 2.05) is 0 Å². The summed E-state index contributed by atoms with van der Waals surface area (Å²) in [6.07, 6.45) is -3.78. The summed E-state index contributed by atoms with van der Waals surface area (Å²) >= 11 is 0.949. The van der Waals surface area contributed by atoms with Crippen molar-refractivity contribution >= 4 is 29.0 Å². The van der Waals surface area contributed by atoms with Crippen LogP contribution in [0.1, 0.15) is 5.56 Å². The maximum Gasteiger partial charge on any atom is 0.417 e. The number of aromatic nitrogens is 1. The molecule has 0 bridgehead atoms. The number of hydrogen-bond donors (Lipinski definition) is 1. The van der Waals surface area contributed by atoms with Crippen LogP contribution in [0.15, 0.2) is 41.6 Å². The lowest BCUT2D eigenvalue weighted by molar-refractivity contribution is -0.384. The minimum absolute atomic E-state index is 0.113. The van der Waals surface area contributed by atoms with E-state index < -0.39 is 22.6 Å². The summed E-state index contributed by atoms with van der Waals surface area (Å²) in [4.78, 5) is 25.8. The van der Waals surface area contributed by atoms with Gasteiger partial charge in [0.05, 0.1) is 40.1 Å². The molecule has 2 rings (SSSR count). The van der Waals surface area contributed by atoms with Gasteiger partial charge in [0.15, 0.2) is 0 Å². The molecule has 1 N–H and O–H groups in total. The van der Waals surface area contributed by atoms with E-state index in [4.69, 9.17) is 4.74 Å². The van der Waals surface area contributed by atoms with Crippen LogP contribution in [0, 0.1) is 10.1 Å². The summed E-state index contributed by atoms with van der Waals surface area (Å²) in [6.45, 7) is 0. The zero-order chi connectivity index (χ0) is 19.3. The predicted octanol–water partition coefficient (Wildman–Crippen LogP) is 3.75. The third-order valence-corrected chi connectivity index (χ3v) is 4.03. The Morgan fingerprint density at radius 1 is 1.35 bits per heavy atom. The monoisotopic (exact) mass is 387 g/mol. The van der Waals surface area contributed by atoms with Crippen molar-refractivity contribution in [1.29, 1.82) is 0 Å². The molecule has 1 aromatic carbocycles. The molecular weight excluding hydrogens is 375 g/mol. The van der Waals surface area contributed by atoms with E-state index >= 15 is 0 Å². The van der Waals surface area contributed by atoms with Gasteiger partial charge in [0.2, 0.25) is 5.91 Å². The Kier molecular flexibility index (Phi) is 6.03. The zero-order valence-corrected chi connectivity index (χ0v) is 14.1. The molecule has 0 aliphatic rings. The van der Waals surface area contributed by atoms with E-state index in [9.17, 15) is 28.1 Å². The van der Waals surface area contributed by atoms with Crippen LogP contribution in [0.5, 0.6) is 5.75 Å². The number of benzene rings is 1. The van der Waals surface area contributed by atoms with Crippen molar-refractivity contribution in [2.45, 2.75) is 11.2 Å². The summed E-state index contributed by atoms with van der Waals surface area (Å²) in [6, 6.07) is 5.76. The standard InChI is InChI=1S/C15H12F3N3O4S/c1-25-12-6-10(21(23)24)3-4-11(12)20-13(22)8-26-14-5-2-9(7-19-14)15(16,17)18/h2-7H,8H2,1H3,(H,20,22). The summed E-state index contributed by atoms with van der Waals surface area (Å²) < 4.78 is 42.4. The minimum atomic E-state index is -4.47. The van der Waals surface area contributed by atoms with E-state index in [-0.39, 0.29) is 27.9 Å². The third kappa shape index (κ3) is 5.09. The molecular formula is C15H12F3N3O4S. The van der Waals surface area contributed by atoms with Crippen molar-refractivity contribution in [2.75, 3.05) is 18.2 Å². The highest BCUT2D eigenvalue weighted by Crippen LogP contribution is 2.30. The Morgan fingerprint density at radius 3 is 2.62 bits per heavy atom. The highest BCUT2D eigenvalue weighted by Gasteiger charge is 2.30. The summed E-state index contributed by atoms with van der Waals surface area (Å²) in [5.41, 5.74) is -0.825. The normalized spacial score (nSPS) is 11.1. The Morgan fingerprint density at radius 2 is 2.08 bits per heavy atom. The molecule has 11 heteroatoms. The molecule has 138 valence electrons. The molecule has 1 heterocycles. The second kappa shape index (κ2) is 8.04. The second-order valence-electron chi connectivity index (χ2n) is 4.86. The highest BCUT2D eigenvalue weighted by molar-refractivity contribution is 7.99. The van der Waals surface area contributed by atoms with Crippen molar-refractivity contribution in [1.82, 2.24) is 4.98 Å². The Balaban J connectivity index is 1.98. The smallest absolute Gasteiger partial charge is 0.417 e. The topological polar surface area (TPSA) is 94.4 Å². The average Bonchev–Trinajstić information content (AvgIpc) is 2.59.